The highest BCUT2D eigenvalue weighted by molar-refractivity contribution is 5.73. The zero-order valence-corrected chi connectivity index (χ0v) is 12.5. The Balaban J connectivity index is 1.73. The molecule has 0 aliphatic rings. The average molecular weight is 301 g/mol. The largest absolute Gasteiger partial charge is 0.457 e. The fourth-order valence-electron chi connectivity index (χ4n) is 2.24. The van der Waals surface area contributed by atoms with Crippen LogP contribution in [0.15, 0.2) is 16.9 Å². The fourth-order valence-corrected chi connectivity index (χ4v) is 2.24. The molecule has 0 aliphatic heterocycles. The second kappa shape index (κ2) is 5.55. The van der Waals surface area contributed by atoms with Crippen molar-refractivity contribution < 1.29 is 14.1 Å². The summed E-state index contributed by atoms with van der Waals surface area (Å²) in [4.78, 5) is 20.4. The minimum atomic E-state index is -0.360. The van der Waals surface area contributed by atoms with Crippen LogP contribution in [-0.4, -0.2) is 30.7 Å². The molecule has 0 atom stereocenters. The minimum Gasteiger partial charge on any atom is -0.457 e. The number of rotatable bonds is 4. The molecule has 0 unspecified atom stereocenters. The van der Waals surface area contributed by atoms with Gasteiger partial charge in [-0.15, -0.1) is 0 Å². The summed E-state index contributed by atoms with van der Waals surface area (Å²) in [7, 11) is 0. The van der Waals surface area contributed by atoms with Crippen LogP contribution in [0.5, 0.6) is 0 Å². The van der Waals surface area contributed by atoms with Gasteiger partial charge in [0.1, 0.15) is 6.33 Å². The first-order valence-corrected chi connectivity index (χ1v) is 6.78. The van der Waals surface area contributed by atoms with Crippen molar-refractivity contribution in [2.45, 2.75) is 33.8 Å². The van der Waals surface area contributed by atoms with E-state index in [0.717, 1.165) is 22.6 Å². The molecular weight excluding hydrogens is 286 g/mol. The number of fused-ring (bicyclic) bond motifs is 1. The van der Waals surface area contributed by atoms with Gasteiger partial charge in [-0.2, -0.15) is 10.1 Å². The van der Waals surface area contributed by atoms with Crippen LogP contribution >= 0.6 is 0 Å². The van der Waals surface area contributed by atoms with E-state index in [-0.39, 0.29) is 19.0 Å². The quantitative estimate of drug-likeness (QED) is 0.670. The van der Waals surface area contributed by atoms with Crippen molar-refractivity contribution in [2.24, 2.45) is 0 Å². The lowest BCUT2D eigenvalue weighted by atomic mass is 10.1. The van der Waals surface area contributed by atoms with Crippen LogP contribution in [0, 0.1) is 20.8 Å². The van der Waals surface area contributed by atoms with Crippen LogP contribution in [-0.2, 0) is 22.6 Å². The highest BCUT2D eigenvalue weighted by Gasteiger charge is 2.15. The van der Waals surface area contributed by atoms with E-state index in [2.05, 4.69) is 20.2 Å². The van der Waals surface area contributed by atoms with Crippen molar-refractivity contribution in [3.8, 4) is 0 Å². The summed E-state index contributed by atoms with van der Waals surface area (Å²) < 4.78 is 11.8. The van der Waals surface area contributed by atoms with Gasteiger partial charge in [0.25, 0.3) is 5.78 Å². The average Bonchev–Trinajstić information content (AvgIpc) is 3.10. The SMILES string of the molecule is Cc1cc(COC(=O)Cc2c(C)nc3ncnn3c2C)on1. The number of carbonyl (C=O) groups is 1. The lowest BCUT2D eigenvalue weighted by molar-refractivity contribution is -0.144. The summed E-state index contributed by atoms with van der Waals surface area (Å²) >= 11 is 0. The number of aromatic nitrogens is 5. The minimum absolute atomic E-state index is 0.0662. The highest BCUT2D eigenvalue weighted by atomic mass is 16.5. The summed E-state index contributed by atoms with van der Waals surface area (Å²) in [5.74, 6) is 0.676. The van der Waals surface area contributed by atoms with Crippen molar-refractivity contribution in [3.05, 3.63) is 40.8 Å². The molecule has 0 spiro atoms. The Kier molecular flexibility index (Phi) is 3.58. The molecule has 0 N–H and O–H groups in total. The molecule has 8 heteroatoms. The molecule has 0 bridgehead atoms. The molecule has 114 valence electrons. The van der Waals surface area contributed by atoms with E-state index in [1.165, 1.54) is 6.33 Å². The first-order chi connectivity index (χ1) is 10.5. The number of hydrogen-bond donors (Lipinski definition) is 0. The molecule has 0 fully saturated rings. The second-order valence-corrected chi connectivity index (χ2v) is 5.01. The van der Waals surface area contributed by atoms with E-state index in [9.17, 15) is 4.79 Å². The first-order valence-electron chi connectivity index (χ1n) is 6.78. The molecule has 3 aromatic heterocycles. The standard InChI is InChI=1S/C14H15N5O3/c1-8-4-11(22-18-8)6-21-13(20)5-12-9(2)17-14-15-7-16-19(14)10(12)3/h4,7H,5-6H2,1-3H3. The van der Waals surface area contributed by atoms with Gasteiger partial charge in [-0.05, 0) is 20.8 Å². The van der Waals surface area contributed by atoms with Gasteiger partial charge in [0, 0.05) is 23.0 Å². The smallest absolute Gasteiger partial charge is 0.310 e. The number of esters is 1. The molecule has 3 rings (SSSR count). The zero-order chi connectivity index (χ0) is 15.7. The summed E-state index contributed by atoms with van der Waals surface area (Å²) in [6.07, 6.45) is 1.55. The van der Waals surface area contributed by atoms with Crippen molar-refractivity contribution >= 4 is 11.7 Å². The van der Waals surface area contributed by atoms with E-state index in [1.54, 1.807) is 17.5 Å². The van der Waals surface area contributed by atoms with Gasteiger partial charge in [-0.25, -0.2) is 9.50 Å². The first kappa shape index (κ1) is 14.2. The van der Waals surface area contributed by atoms with Crippen LogP contribution in [0.2, 0.25) is 0 Å². The van der Waals surface area contributed by atoms with Gasteiger partial charge in [0.2, 0.25) is 0 Å². The predicted octanol–water partition coefficient (Wildman–Crippen LogP) is 1.32. The zero-order valence-electron chi connectivity index (χ0n) is 12.5. The molecule has 22 heavy (non-hydrogen) atoms. The molecule has 0 saturated heterocycles. The maximum absolute atomic E-state index is 12.0. The Morgan fingerprint density at radius 3 is 2.91 bits per heavy atom. The number of nitrogens with zero attached hydrogens (tertiary/aromatic N) is 5. The van der Waals surface area contributed by atoms with E-state index < -0.39 is 0 Å². The number of aryl methyl sites for hydroxylation is 3. The molecule has 8 nitrogen and oxygen atoms in total. The van der Waals surface area contributed by atoms with Crippen molar-refractivity contribution in [2.75, 3.05) is 0 Å². The van der Waals surface area contributed by atoms with E-state index >= 15 is 0 Å². The maximum atomic E-state index is 12.0. The molecule has 0 saturated carbocycles. The second-order valence-electron chi connectivity index (χ2n) is 5.01. The topological polar surface area (TPSA) is 95.4 Å². The summed E-state index contributed by atoms with van der Waals surface area (Å²) in [5, 5.41) is 7.83. The van der Waals surface area contributed by atoms with E-state index in [1.807, 2.05) is 13.8 Å². The van der Waals surface area contributed by atoms with Crippen molar-refractivity contribution in [3.63, 3.8) is 0 Å². The van der Waals surface area contributed by atoms with Crippen LogP contribution in [0.3, 0.4) is 0 Å². The lowest BCUT2D eigenvalue weighted by Crippen LogP contribution is -2.13. The Morgan fingerprint density at radius 1 is 1.36 bits per heavy atom. The molecule has 3 heterocycles. The highest BCUT2D eigenvalue weighted by Crippen LogP contribution is 2.14. The maximum Gasteiger partial charge on any atom is 0.310 e. The molecule has 0 amide bonds. The van der Waals surface area contributed by atoms with Gasteiger partial charge >= 0.3 is 5.97 Å². The van der Waals surface area contributed by atoms with Crippen molar-refractivity contribution in [1.82, 2.24) is 24.7 Å². The molecule has 0 radical (unpaired) electrons. The third-order valence-corrected chi connectivity index (χ3v) is 3.36. The normalized spacial score (nSPS) is 11.0. The van der Waals surface area contributed by atoms with Crippen LogP contribution < -0.4 is 0 Å². The van der Waals surface area contributed by atoms with Crippen LogP contribution in [0.1, 0.15) is 28.4 Å². The van der Waals surface area contributed by atoms with Gasteiger partial charge in [0.15, 0.2) is 12.4 Å². The predicted molar refractivity (Wildman–Crippen MR) is 75.0 cm³/mol. The lowest BCUT2D eigenvalue weighted by Gasteiger charge is -2.09. The third kappa shape index (κ3) is 2.67. The number of carbonyl (C=O) groups excluding carboxylic acids is 1. The third-order valence-electron chi connectivity index (χ3n) is 3.36. The number of hydrogen-bond acceptors (Lipinski definition) is 7. The Morgan fingerprint density at radius 2 is 2.18 bits per heavy atom. The summed E-state index contributed by atoms with van der Waals surface area (Å²) in [5.41, 5.74) is 3.10. The summed E-state index contributed by atoms with van der Waals surface area (Å²) in [6.45, 7) is 5.58. The molecular formula is C14H15N5O3. The van der Waals surface area contributed by atoms with Gasteiger partial charge < -0.3 is 9.26 Å². The Bertz CT molecular complexity index is 836. The Labute approximate surface area is 126 Å². The van der Waals surface area contributed by atoms with Gasteiger partial charge in [0.05, 0.1) is 12.1 Å². The molecule has 0 aliphatic carbocycles. The molecule has 0 aromatic carbocycles. The fraction of sp³-hybridized carbons (Fsp3) is 0.357. The number of ether oxygens (including phenoxy) is 1. The Hall–Kier alpha value is -2.77. The van der Waals surface area contributed by atoms with Gasteiger partial charge in [-0.1, -0.05) is 5.16 Å². The van der Waals surface area contributed by atoms with E-state index in [4.69, 9.17) is 9.26 Å². The van der Waals surface area contributed by atoms with Gasteiger partial charge in [-0.3, -0.25) is 4.79 Å². The van der Waals surface area contributed by atoms with E-state index in [0.29, 0.717) is 11.5 Å². The summed E-state index contributed by atoms with van der Waals surface area (Å²) in [6, 6.07) is 1.73. The van der Waals surface area contributed by atoms with Crippen molar-refractivity contribution in [1.29, 1.82) is 0 Å². The monoisotopic (exact) mass is 301 g/mol. The van der Waals surface area contributed by atoms with Crippen LogP contribution in [0.25, 0.3) is 5.78 Å². The molecule has 3 aromatic rings. The van der Waals surface area contributed by atoms with Crippen LogP contribution in [0.4, 0.5) is 0 Å².